The topological polar surface area (TPSA) is 64.2 Å². The number of fused-ring (bicyclic) bond motifs is 1. The van der Waals surface area contributed by atoms with E-state index in [0.717, 1.165) is 11.1 Å². The van der Waals surface area contributed by atoms with Crippen molar-refractivity contribution in [1.82, 2.24) is 9.97 Å². The van der Waals surface area contributed by atoms with Crippen LogP contribution in [0.2, 0.25) is 0 Å². The van der Waals surface area contributed by atoms with Crippen LogP contribution in [0, 0.1) is 0 Å². The quantitative estimate of drug-likeness (QED) is 0.581. The van der Waals surface area contributed by atoms with Gasteiger partial charge >= 0.3 is 0 Å². The van der Waals surface area contributed by atoms with Gasteiger partial charge in [-0.15, -0.1) is 0 Å². The molecule has 5 heteroatoms. The molecule has 0 saturated carbocycles. The van der Waals surface area contributed by atoms with Gasteiger partial charge in [0.1, 0.15) is 12.4 Å². The van der Waals surface area contributed by atoms with Crippen LogP contribution in [-0.2, 0) is 6.61 Å². The van der Waals surface area contributed by atoms with Crippen LogP contribution in [0.5, 0.6) is 11.5 Å². The summed E-state index contributed by atoms with van der Waals surface area (Å²) in [6.07, 6.45) is 0. The monoisotopic (exact) mass is 358 g/mol. The van der Waals surface area contributed by atoms with Crippen LogP contribution in [0.15, 0.2) is 77.6 Å². The Hall–Kier alpha value is -3.60. The van der Waals surface area contributed by atoms with Crippen LogP contribution in [0.1, 0.15) is 5.56 Å². The molecule has 3 aromatic carbocycles. The van der Waals surface area contributed by atoms with Gasteiger partial charge in [-0.2, -0.15) is 0 Å². The average Bonchev–Trinajstić information content (AvgIpc) is 2.73. The zero-order valence-electron chi connectivity index (χ0n) is 14.8. The Morgan fingerprint density at radius 1 is 0.926 bits per heavy atom. The molecule has 0 aliphatic carbocycles. The summed E-state index contributed by atoms with van der Waals surface area (Å²) in [5.41, 5.74) is 2.29. The first-order chi connectivity index (χ1) is 13.2. The molecule has 0 amide bonds. The molecule has 27 heavy (non-hydrogen) atoms. The van der Waals surface area contributed by atoms with E-state index in [0.29, 0.717) is 34.8 Å². The number of aromatic amines is 1. The van der Waals surface area contributed by atoms with E-state index in [4.69, 9.17) is 9.47 Å². The zero-order valence-corrected chi connectivity index (χ0v) is 14.8. The molecule has 1 N–H and O–H groups in total. The standard InChI is InChI=1S/C22H18N2O3/c1-26-19-12-11-16(13-20(19)27-14-15-7-3-2-4-8-15)21-23-18-10-6-5-9-17(18)22(25)24-21/h2-13H,14H2,1H3,(H,23,24,25). The molecule has 0 spiro atoms. The predicted molar refractivity (Wildman–Crippen MR) is 105 cm³/mol. The maximum Gasteiger partial charge on any atom is 0.259 e. The van der Waals surface area contributed by atoms with E-state index in [2.05, 4.69) is 9.97 Å². The van der Waals surface area contributed by atoms with Crippen LogP contribution in [0.3, 0.4) is 0 Å². The molecule has 0 aliphatic heterocycles. The fraction of sp³-hybridized carbons (Fsp3) is 0.0909. The number of rotatable bonds is 5. The van der Waals surface area contributed by atoms with Crippen molar-refractivity contribution in [3.8, 4) is 22.9 Å². The lowest BCUT2D eigenvalue weighted by Crippen LogP contribution is -2.09. The van der Waals surface area contributed by atoms with Gasteiger partial charge in [0.05, 0.1) is 18.0 Å². The van der Waals surface area contributed by atoms with E-state index < -0.39 is 0 Å². The number of para-hydroxylation sites is 1. The third-order valence-corrected chi connectivity index (χ3v) is 4.29. The zero-order chi connectivity index (χ0) is 18.6. The molecular formula is C22H18N2O3. The summed E-state index contributed by atoms with van der Waals surface area (Å²) < 4.78 is 11.4. The van der Waals surface area contributed by atoms with Crippen LogP contribution >= 0.6 is 0 Å². The number of aromatic nitrogens is 2. The molecule has 4 aromatic rings. The molecule has 0 aliphatic rings. The minimum atomic E-state index is -0.168. The Balaban J connectivity index is 1.70. The van der Waals surface area contributed by atoms with Crippen molar-refractivity contribution in [2.45, 2.75) is 6.61 Å². The number of nitrogens with one attached hydrogen (secondary N) is 1. The van der Waals surface area contributed by atoms with E-state index in [1.54, 1.807) is 13.2 Å². The summed E-state index contributed by atoms with van der Waals surface area (Å²) in [6.45, 7) is 0.419. The Bertz CT molecular complexity index is 1140. The normalized spacial score (nSPS) is 10.7. The van der Waals surface area contributed by atoms with Gasteiger partial charge in [0, 0.05) is 5.56 Å². The van der Waals surface area contributed by atoms with Crippen LogP contribution in [0.25, 0.3) is 22.3 Å². The highest BCUT2D eigenvalue weighted by Gasteiger charge is 2.11. The van der Waals surface area contributed by atoms with Gasteiger partial charge in [-0.3, -0.25) is 4.79 Å². The Morgan fingerprint density at radius 2 is 1.70 bits per heavy atom. The second-order valence-electron chi connectivity index (χ2n) is 6.07. The van der Waals surface area contributed by atoms with E-state index in [-0.39, 0.29) is 5.56 Å². The summed E-state index contributed by atoms with van der Waals surface area (Å²) in [7, 11) is 1.60. The fourth-order valence-corrected chi connectivity index (χ4v) is 2.90. The molecule has 0 fully saturated rings. The number of methoxy groups -OCH3 is 1. The number of ether oxygens (including phenoxy) is 2. The SMILES string of the molecule is COc1ccc(-c2nc3ccccc3c(=O)[nH]2)cc1OCc1ccccc1. The van der Waals surface area contributed by atoms with Crippen molar-refractivity contribution in [3.05, 3.63) is 88.7 Å². The Morgan fingerprint density at radius 3 is 2.52 bits per heavy atom. The number of hydrogen-bond donors (Lipinski definition) is 1. The Kier molecular flexibility index (Phi) is 4.58. The second-order valence-corrected chi connectivity index (χ2v) is 6.07. The molecule has 0 radical (unpaired) electrons. The summed E-state index contributed by atoms with van der Waals surface area (Å²) in [5, 5.41) is 0.565. The highest BCUT2D eigenvalue weighted by atomic mass is 16.5. The van der Waals surface area contributed by atoms with Crippen molar-refractivity contribution in [1.29, 1.82) is 0 Å². The molecule has 1 aromatic heterocycles. The number of hydrogen-bond acceptors (Lipinski definition) is 4. The summed E-state index contributed by atoms with van der Waals surface area (Å²) in [4.78, 5) is 19.8. The molecule has 5 nitrogen and oxygen atoms in total. The summed E-state index contributed by atoms with van der Waals surface area (Å²) in [6, 6.07) is 22.7. The largest absolute Gasteiger partial charge is 0.493 e. The fourth-order valence-electron chi connectivity index (χ4n) is 2.90. The maximum atomic E-state index is 12.3. The Labute approximate surface area is 156 Å². The first-order valence-corrected chi connectivity index (χ1v) is 8.59. The van der Waals surface area contributed by atoms with Crippen molar-refractivity contribution < 1.29 is 9.47 Å². The molecule has 0 unspecified atom stereocenters. The highest BCUT2D eigenvalue weighted by Crippen LogP contribution is 2.32. The van der Waals surface area contributed by atoms with Crippen molar-refractivity contribution in [2.75, 3.05) is 7.11 Å². The molecule has 0 saturated heterocycles. The third kappa shape index (κ3) is 3.53. The lowest BCUT2D eigenvalue weighted by atomic mass is 10.1. The van der Waals surface area contributed by atoms with Crippen LogP contribution < -0.4 is 15.0 Å². The molecule has 1 heterocycles. The van der Waals surface area contributed by atoms with Crippen LogP contribution in [0.4, 0.5) is 0 Å². The second kappa shape index (κ2) is 7.33. The minimum absolute atomic E-state index is 0.168. The van der Waals surface area contributed by atoms with Gasteiger partial charge in [0.15, 0.2) is 11.5 Å². The van der Waals surface area contributed by atoms with Crippen molar-refractivity contribution in [2.24, 2.45) is 0 Å². The number of H-pyrrole nitrogens is 1. The van der Waals surface area contributed by atoms with Gasteiger partial charge in [-0.05, 0) is 35.9 Å². The average molecular weight is 358 g/mol. The summed E-state index contributed by atoms with van der Waals surface area (Å²) in [5.74, 6) is 1.71. The van der Waals surface area contributed by atoms with Gasteiger partial charge in [0.2, 0.25) is 0 Å². The summed E-state index contributed by atoms with van der Waals surface area (Å²) >= 11 is 0. The molecule has 0 atom stereocenters. The van der Waals surface area contributed by atoms with Gasteiger partial charge in [-0.1, -0.05) is 42.5 Å². The van der Waals surface area contributed by atoms with E-state index >= 15 is 0 Å². The van der Waals surface area contributed by atoms with E-state index in [9.17, 15) is 4.79 Å². The third-order valence-electron chi connectivity index (χ3n) is 4.29. The molecular weight excluding hydrogens is 340 g/mol. The lowest BCUT2D eigenvalue weighted by molar-refractivity contribution is 0.284. The molecule has 4 rings (SSSR count). The lowest BCUT2D eigenvalue weighted by Gasteiger charge is -2.12. The smallest absolute Gasteiger partial charge is 0.259 e. The maximum absolute atomic E-state index is 12.3. The van der Waals surface area contributed by atoms with Gasteiger partial charge in [0.25, 0.3) is 5.56 Å². The van der Waals surface area contributed by atoms with Gasteiger partial charge in [-0.25, -0.2) is 4.98 Å². The molecule has 0 bridgehead atoms. The van der Waals surface area contributed by atoms with E-state index in [1.807, 2.05) is 66.7 Å². The predicted octanol–water partition coefficient (Wildman–Crippen LogP) is 4.18. The van der Waals surface area contributed by atoms with E-state index in [1.165, 1.54) is 0 Å². The molecule has 134 valence electrons. The van der Waals surface area contributed by atoms with Crippen molar-refractivity contribution >= 4 is 10.9 Å². The van der Waals surface area contributed by atoms with Crippen molar-refractivity contribution in [3.63, 3.8) is 0 Å². The van der Waals surface area contributed by atoms with Crippen LogP contribution in [-0.4, -0.2) is 17.1 Å². The number of benzene rings is 3. The highest BCUT2D eigenvalue weighted by molar-refractivity contribution is 5.79. The first kappa shape index (κ1) is 16.8. The van der Waals surface area contributed by atoms with Gasteiger partial charge < -0.3 is 14.5 Å². The first-order valence-electron chi connectivity index (χ1n) is 8.59. The minimum Gasteiger partial charge on any atom is -0.493 e. The number of nitrogens with zero attached hydrogens (tertiary/aromatic N) is 1.